The lowest BCUT2D eigenvalue weighted by molar-refractivity contribution is 1.03. The van der Waals surface area contributed by atoms with Crippen LogP contribution in [-0.2, 0) is 6.54 Å². The molecule has 4 rings (SSSR count). The molecule has 0 atom stereocenters. The van der Waals surface area contributed by atoms with Crippen molar-refractivity contribution in [3.05, 3.63) is 65.4 Å². The summed E-state index contributed by atoms with van der Waals surface area (Å²) >= 11 is 0. The Bertz CT molecular complexity index is 1170. The van der Waals surface area contributed by atoms with Crippen molar-refractivity contribution >= 4 is 28.3 Å². The van der Waals surface area contributed by atoms with Gasteiger partial charge in [-0.25, -0.2) is 9.97 Å². The number of fused-ring (bicyclic) bond motifs is 3. The first-order valence-corrected chi connectivity index (χ1v) is 8.75. The maximum absolute atomic E-state index is 9.58. The first-order valence-electron chi connectivity index (χ1n) is 8.75. The zero-order valence-electron chi connectivity index (χ0n) is 15.6. The molecule has 0 saturated carbocycles. The predicted octanol–water partition coefficient (Wildman–Crippen LogP) is 3.74. The van der Waals surface area contributed by atoms with E-state index in [2.05, 4.69) is 27.4 Å². The number of hydrogen-bond acceptors (Lipinski definition) is 5. The van der Waals surface area contributed by atoms with Crippen molar-refractivity contribution in [2.45, 2.75) is 13.5 Å². The lowest BCUT2D eigenvalue weighted by atomic mass is 10.1. The summed E-state index contributed by atoms with van der Waals surface area (Å²) in [7, 11) is 3.95. The third kappa shape index (κ3) is 2.93. The number of pyridine rings is 2. The number of nitrogens with zero attached hydrogens (tertiary/aromatic N) is 5. The van der Waals surface area contributed by atoms with Gasteiger partial charge >= 0.3 is 0 Å². The zero-order chi connectivity index (χ0) is 19.0. The Morgan fingerprint density at radius 1 is 1.19 bits per heavy atom. The molecule has 0 fully saturated rings. The highest BCUT2D eigenvalue weighted by molar-refractivity contribution is 5.85. The molecule has 1 N–H and O–H groups in total. The summed E-state index contributed by atoms with van der Waals surface area (Å²) in [4.78, 5) is 11.1. The van der Waals surface area contributed by atoms with Crippen molar-refractivity contribution in [2.75, 3.05) is 24.3 Å². The minimum Gasteiger partial charge on any atom is -0.367 e. The zero-order valence-corrected chi connectivity index (χ0v) is 15.6. The molecule has 0 radical (unpaired) electrons. The van der Waals surface area contributed by atoms with Gasteiger partial charge in [0, 0.05) is 26.8 Å². The molecule has 0 bridgehead atoms. The molecule has 0 aliphatic heterocycles. The number of hydrogen-bond donors (Lipinski definition) is 1. The van der Waals surface area contributed by atoms with Crippen LogP contribution >= 0.6 is 0 Å². The molecule has 1 aromatic carbocycles. The fraction of sp³-hybridized carbons (Fsp3) is 0.190. The van der Waals surface area contributed by atoms with Gasteiger partial charge in [0.05, 0.1) is 16.6 Å². The van der Waals surface area contributed by atoms with Gasteiger partial charge in [0.1, 0.15) is 17.7 Å². The Hall–Kier alpha value is -3.59. The highest BCUT2D eigenvalue weighted by atomic mass is 15.1. The molecular formula is C21H20N6. The summed E-state index contributed by atoms with van der Waals surface area (Å²) in [6.07, 6.45) is 1.88. The van der Waals surface area contributed by atoms with Crippen LogP contribution in [0, 0.1) is 18.3 Å². The first kappa shape index (κ1) is 16.9. The lowest BCUT2D eigenvalue weighted by Crippen LogP contribution is -2.11. The molecule has 6 nitrogen and oxygen atoms in total. The van der Waals surface area contributed by atoms with E-state index in [9.17, 15) is 5.26 Å². The van der Waals surface area contributed by atoms with Gasteiger partial charge in [0.25, 0.3) is 0 Å². The van der Waals surface area contributed by atoms with Crippen molar-refractivity contribution in [1.29, 1.82) is 5.26 Å². The maximum atomic E-state index is 9.58. The van der Waals surface area contributed by atoms with Crippen LogP contribution in [-0.4, -0.2) is 28.5 Å². The van der Waals surface area contributed by atoms with E-state index in [1.165, 1.54) is 0 Å². The number of aryl methyl sites for hydroxylation is 1. The molecule has 0 aliphatic carbocycles. The first-order chi connectivity index (χ1) is 13.1. The van der Waals surface area contributed by atoms with E-state index in [1.54, 1.807) is 0 Å². The van der Waals surface area contributed by atoms with Crippen molar-refractivity contribution in [3.8, 4) is 6.07 Å². The third-order valence-corrected chi connectivity index (χ3v) is 4.63. The standard InChI is InChI=1S/C21H20N6/c1-14-10-20(24-13-15-8-9-19(23-12-15)26(2)3)27-18-7-5-4-6-17(18)25-21(27)16(14)11-22/h4-10,12,24H,13H2,1-3H3. The summed E-state index contributed by atoms with van der Waals surface area (Å²) in [5.74, 6) is 1.84. The van der Waals surface area contributed by atoms with Gasteiger partial charge in [-0.2, -0.15) is 5.26 Å². The number of benzene rings is 1. The average molecular weight is 356 g/mol. The van der Waals surface area contributed by atoms with Gasteiger partial charge in [0.15, 0.2) is 5.65 Å². The van der Waals surface area contributed by atoms with Crippen molar-refractivity contribution in [2.24, 2.45) is 0 Å². The summed E-state index contributed by atoms with van der Waals surface area (Å²) in [5.41, 5.74) is 5.13. The maximum Gasteiger partial charge on any atom is 0.157 e. The molecule has 6 heteroatoms. The van der Waals surface area contributed by atoms with Crippen LogP contribution in [0.4, 0.5) is 11.6 Å². The molecule has 0 amide bonds. The minimum absolute atomic E-state index is 0.605. The molecular weight excluding hydrogens is 336 g/mol. The smallest absolute Gasteiger partial charge is 0.157 e. The largest absolute Gasteiger partial charge is 0.367 e. The monoisotopic (exact) mass is 356 g/mol. The van der Waals surface area contributed by atoms with E-state index in [-0.39, 0.29) is 0 Å². The summed E-state index contributed by atoms with van der Waals surface area (Å²) in [6, 6.07) is 16.3. The quantitative estimate of drug-likeness (QED) is 0.603. The molecule has 0 spiro atoms. The second kappa shape index (κ2) is 6.61. The van der Waals surface area contributed by atoms with Crippen LogP contribution < -0.4 is 10.2 Å². The van der Waals surface area contributed by atoms with Crippen LogP contribution in [0.15, 0.2) is 48.7 Å². The molecule has 0 saturated heterocycles. The Morgan fingerprint density at radius 3 is 2.70 bits per heavy atom. The van der Waals surface area contributed by atoms with E-state index in [4.69, 9.17) is 0 Å². The minimum atomic E-state index is 0.605. The van der Waals surface area contributed by atoms with Gasteiger partial charge in [-0.3, -0.25) is 4.40 Å². The predicted molar refractivity (Wildman–Crippen MR) is 108 cm³/mol. The molecule has 4 aromatic rings. The fourth-order valence-corrected chi connectivity index (χ4v) is 3.20. The number of nitriles is 1. The van der Waals surface area contributed by atoms with Crippen LogP contribution in [0.1, 0.15) is 16.7 Å². The van der Waals surface area contributed by atoms with E-state index in [0.717, 1.165) is 33.8 Å². The summed E-state index contributed by atoms with van der Waals surface area (Å²) < 4.78 is 2.02. The highest BCUT2D eigenvalue weighted by Gasteiger charge is 2.14. The van der Waals surface area contributed by atoms with E-state index in [1.807, 2.05) is 72.9 Å². The highest BCUT2D eigenvalue weighted by Crippen LogP contribution is 2.26. The molecule has 0 aliphatic rings. The molecule has 134 valence electrons. The summed E-state index contributed by atoms with van der Waals surface area (Å²) in [5, 5.41) is 13.1. The van der Waals surface area contributed by atoms with Crippen LogP contribution in [0.5, 0.6) is 0 Å². The number of nitrogens with one attached hydrogen (secondary N) is 1. The van der Waals surface area contributed by atoms with E-state index >= 15 is 0 Å². The molecule has 3 heterocycles. The van der Waals surface area contributed by atoms with Gasteiger partial charge in [-0.15, -0.1) is 0 Å². The van der Waals surface area contributed by atoms with Gasteiger partial charge in [-0.05, 0) is 42.3 Å². The lowest BCUT2D eigenvalue weighted by Gasteiger charge is -2.14. The van der Waals surface area contributed by atoms with Crippen LogP contribution in [0.25, 0.3) is 16.7 Å². The van der Waals surface area contributed by atoms with E-state index in [0.29, 0.717) is 17.8 Å². The van der Waals surface area contributed by atoms with E-state index < -0.39 is 0 Å². The summed E-state index contributed by atoms with van der Waals surface area (Å²) in [6.45, 7) is 2.57. The molecule has 27 heavy (non-hydrogen) atoms. The van der Waals surface area contributed by atoms with Crippen LogP contribution in [0.2, 0.25) is 0 Å². The molecule has 0 unspecified atom stereocenters. The fourth-order valence-electron chi connectivity index (χ4n) is 3.20. The third-order valence-electron chi connectivity index (χ3n) is 4.63. The Balaban J connectivity index is 1.76. The van der Waals surface area contributed by atoms with Gasteiger partial charge in [0.2, 0.25) is 0 Å². The normalized spacial score (nSPS) is 10.9. The Morgan fingerprint density at radius 2 is 2.00 bits per heavy atom. The number of rotatable bonds is 4. The van der Waals surface area contributed by atoms with Crippen molar-refractivity contribution < 1.29 is 0 Å². The average Bonchev–Trinajstić information content (AvgIpc) is 3.06. The number of aromatic nitrogens is 3. The number of anilines is 2. The van der Waals surface area contributed by atoms with Crippen LogP contribution in [0.3, 0.4) is 0 Å². The topological polar surface area (TPSA) is 69.2 Å². The van der Waals surface area contributed by atoms with Crippen molar-refractivity contribution in [3.63, 3.8) is 0 Å². The second-order valence-corrected chi connectivity index (χ2v) is 6.73. The Kier molecular flexibility index (Phi) is 4.13. The molecule has 3 aromatic heterocycles. The van der Waals surface area contributed by atoms with Gasteiger partial charge < -0.3 is 10.2 Å². The van der Waals surface area contributed by atoms with Gasteiger partial charge in [-0.1, -0.05) is 18.2 Å². The number of imidazole rings is 1. The SMILES string of the molecule is Cc1cc(NCc2ccc(N(C)C)nc2)n2c(nc3ccccc32)c1C#N. The number of para-hydroxylation sites is 2. The Labute approximate surface area is 157 Å². The van der Waals surface area contributed by atoms with Crippen molar-refractivity contribution in [1.82, 2.24) is 14.4 Å². The second-order valence-electron chi connectivity index (χ2n) is 6.73.